The molecule has 4 saturated carbocycles. The van der Waals surface area contributed by atoms with Crippen LogP contribution in [0.4, 0.5) is 0 Å². The number of hydrogen-bond acceptors (Lipinski definition) is 2. The largest absolute Gasteiger partial charge is 0.390 e. The highest BCUT2D eigenvalue weighted by molar-refractivity contribution is 5.87. The van der Waals surface area contributed by atoms with Crippen LogP contribution in [0.2, 0.25) is 0 Å². The van der Waals surface area contributed by atoms with E-state index in [0.717, 1.165) is 24.8 Å². The number of nitrogens with one attached hydrogen (secondary N) is 1. The lowest BCUT2D eigenvalue weighted by Gasteiger charge is -2.58. The summed E-state index contributed by atoms with van der Waals surface area (Å²) < 4.78 is 0. The van der Waals surface area contributed by atoms with Gasteiger partial charge < -0.3 is 10.4 Å². The van der Waals surface area contributed by atoms with E-state index in [1.54, 1.807) is 0 Å². The zero-order valence-electron chi connectivity index (χ0n) is 14.1. The molecule has 1 aromatic rings. The molecule has 4 fully saturated rings. The zero-order chi connectivity index (χ0) is 16.2. The number of benzene rings is 1. The van der Waals surface area contributed by atoms with Crippen molar-refractivity contribution in [2.75, 3.05) is 0 Å². The Balaban J connectivity index is 1.51. The number of carbonyl (C=O) groups excluding carboxylic acids is 1. The van der Waals surface area contributed by atoms with Crippen molar-refractivity contribution < 1.29 is 9.90 Å². The van der Waals surface area contributed by atoms with Crippen molar-refractivity contribution in [1.29, 1.82) is 0 Å². The molecule has 0 spiro atoms. The molecule has 3 heteroatoms. The van der Waals surface area contributed by atoms with Gasteiger partial charge in [0.2, 0.25) is 5.91 Å². The van der Waals surface area contributed by atoms with Crippen LogP contribution in [0.1, 0.15) is 51.5 Å². The van der Waals surface area contributed by atoms with Crippen molar-refractivity contribution in [3.63, 3.8) is 0 Å². The van der Waals surface area contributed by atoms with Gasteiger partial charge in [-0.3, -0.25) is 4.79 Å². The van der Waals surface area contributed by atoms with Crippen molar-refractivity contribution in [2.45, 2.75) is 63.0 Å². The Morgan fingerprint density at radius 2 is 1.74 bits per heavy atom. The molecule has 2 N–H and O–H groups in total. The van der Waals surface area contributed by atoms with Crippen molar-refractivity contribution in [2.24, 2.45) is 17.8 Å². The van der Waals surface area contributed by atoms with Gasteiger partial charge in [-0.25, -0.2) is 0 Å². The van der Waals surface area contributed by atoms with Crippen molar-refractivity contribution >= 4 is 5.91 Å². The molecule has 1 amide bonds. The van der Waals surface area contributed by atoms with E-state index in [2.05, 4.69) is 5.32 Å². The first-order valence-electron chi connectivity index (χ1n) is 8.96. The van der Waals surface area contributed by atoms with E-state index in [1.165, 1.54) is 12.8 Å². The Morgan fingerprint density at radius 1 is 1.13 bits per heavy atom. The van der Waals surface area contributed by atoms with Gasteiger partial charge in [-0.2, -0.15) is 0 Å². The quantitative estimate of drug-likeness (QED) is 0.901. The molecule has 0 heterocycles. The lowest BCUT2D eigenvalue weighted by atomic mass is 9.52. The minimum absolute atomic E-state index is 0.119. The summed E-state index contributed by atoms with van der Waals surface area (Å²) in [6, 6.07) is 10.3. The monoisotopic (exact) mass is 313 g/mol. The summed E-state index contributed by atoms with van der Waals surface area (Å²) in [7, 11) is 0. The summed E-state index contributed by atoms with van der Waals surface area (Å²) >= 11 is 0. The second-order valence-electron chi connectivity index (χ2n) is 8.68. The second kappa shape index (κ2) is 5.07. The normalized spacial score (nSPS) is 38.6. The van der Waals surface area contributed by atoms with Gasteiger partial charge in [-0.15, -0.1) is 0 Å². The van der Waals surface area contributed by atoms with E-state index in [1.807, 2.05) is 44.2 Å². The minimum Gasteiger partial charge on any atom is -0.390 e. The van der Waals surface area contributed by atoms with E-state index in [0.29, 0.717) is 17.8 Å². The molecule has 4 aliphatic carbocycles. The lowest BCUT2D eigenvalue weighted by molar-refractivity contribution is -0.148. The first kappa shape index (κ1) is 15.2. The molecule has 23 heavy (non-hydrogen) atoms. The van der Waals surface area contributed by atoms with Gasteiger partial charge in [0.1, 0.15) is 0 Å². The fourth-order valence-corrected chi connectivity index (χ4v) is 5.53. The highest BCUT2D eigenvalue weighted by Crippen LogP contribution is 2.55. The maximum Gasteiger partial charge on any atom is 0.230 e. The van der Waals surface area contributed by atoms with Crippen LogP contribution in [0, 0.1) is 17.8 Å². The summed E-state index contributed by atoms with van der Waals surface area (Å²) in [6.45, 7) is 4.00. The van der Waals surface area contributed by atoms with Gasteiger partial charge in [-0.1, -0.05) is 30.3 Å². The Hall–Kier alpha value is -1.35. The van der Waals surface area contributed by atoms with E-state index in [4.69, 9.17) is 0 Å². The van der Waals surface area contributed by atoms with Crippen molar-refractivity contribution in [3.05, 3.63) is 35.9 Å². The smallest absolute Gasteiger partial charge is 0.230 e. The molecule has 0 saturated heterocycles. The molecule has 3 nitrogen and oxygen atoms in total. The van der Waals surface area contributed by atoms with E-state index < -0.39 is 11.0 Å². The number of carbonyl (C=O) groups is 1. The Kier molecular flexibility index (Phi) is 3.35. The van der Waals surface area contributed by atoms with Crippen LogP contribution in [0.3, 0.4) is 0 Å². The molecule has 5 rings (SSSR count). The maximum atomic E-state index is 13.0. The number of rotatable bonds is 3. The first-order valence-corrected chi connectivity index (χ1v) is 8.96. The van der Waals surface area contributed by atoms with Crippen LogP contribution >= 0.6 is 0 Å². The second-order valence-corrected chi connectivity index (χ2v) is 8.68. The molecule has 3 unspecified atom stereocenters. The first-order chi connectivity index (χ1) is 10.9. The van der Waals surface area contributed by atoms with E-state index >= 15 is 0 Å². The SMILES string of the molecule is CC(C)(C(=O)NC1[C@@H]2CC3C[C@H]1CC(O)(C3)C2)c1ccccc1. The van der Waals surface area contributed by atoms with Crippen LogP contribution in [-0.2, 0) is 10.2 Å². The predicted molar refractivity (Wildman–Crippen MR) is 89.9 cm³/mol. The molecular formula is C20H27NO2. The lowest BCUT2D eigenvalue weighted by Crippen LogP contribution is -2.62. The molecule has 1 aromatic carbocycles. The Labute approximate surface area is 138 Å². The van der Waals surface area contributed by atoms with Gasteiger partial charge in [0, 0.05) is 6.04 Å². The van der Waals surface area contributed by atoms with Gasteiger partial charge in [0.05, 0.1) is 11.0 Å². The van der Waals surface area contributed by atoms with Crippen LogP contribution in [-0.4, -0.2) is 22.7 Å². The summed E-state index contributed by atoms with van der Waals surface area (Å²) in [6.07, 6.45) is 5.08. The molecule has 0 radical (unpaired) electrons. The van der Waals surface area contributed by atoms with Crippen LogP contribution in [0.25, 0.3) is 0 Å². The van der Waals surface area contributed by atoms with E-state index in [9.17, 15) is 9.90 Å². The van der Waals surface area contributed by atoms with Gasteiger partial charge in [0.15, 0.2) is 0 Å². The fourth-order valence-electron chi connectivity index (χ4n) is 5.53. The molecular weight excluding hydrogens is 286 g/mol. The van der Waals surface area contributed by atoms with Gasteiger partial charge in [-0.05, 0) is 69.3 Å². The fraction of sp³-hybridized carbons (Fsp3) is 0.650. The number of amides is 1. The van der Waals surface area contributed by atoms with Crippen molar-refractivity contribution in [3.8, 4) is 0 Å². The molecule has 0 aromatic heterocycles. The summed E-state index contributed by atoms with van der Waals surface area (Å²) in [5, 5.41) is 14.0. The average Bonchev–Trinajstić information content (AvgIpc) is 2.50. The topological polar surface area (TPSA) is 49.3 Å². The predicted octanol–water partition coefficient (Wildman–Crippen LogP) is 3.02. The molecule has 4 aliphatic rings. The average molecular weight is 313 g/mol. The van der Waals surface area contributed by atoms with Crippen molar-refractivity contribution in [1.82, 2.24) is 5.32 Å². The summed E-state index contributed by atoms with van der Waals surface area (Å²) in [5.41, 5.74) is 0.0967. The number of aliphatic hydroxyl groups is 1. The third-order valence-electron chi connectivity index (χ3n) is 6.60. The molecule has 5 atom stereocenters. The third-order valence-corrected chi connectivity index (χ3v) is 6.60. The zero-order valence-corrected chi connectivity index (χ0v) is 14.1. The minimum atomic E-state index is -0.521. The van der Waals surface area contributed by atoms with Gasteiger partial charge in [0.25, 0.3) is 0 Å². The third kappa shape index (κ3) is 2.50. The highest BCUT2D eigenvalue weighted by Gasteiger charge is 2.55. The summed E-state index contributed by atoms with van der Waals surface area (Å²) in [4.78, 5) is 13.0. The van der Waals surface area contributed by atoms with Crippen LogP contribution in [0.5, 0.6) is 0 Å². The maximum absolute atomic E-state index is 13.0. The Morgan fingerprint density at radius 3 is 2.30 bits per heavy atom. The standard InChI is InChI=1S/C20H27NO2/c1-19(2,16-6-4-3-5-7-16)18(22)21-17-14-8-13-9-15(17)12-20(23,10-13)11-14/h3-7,13-15,17,23H,8-12H2,1-2H3,(H,21,22)/t13?,14-,15+,17?,20?. The van der Waals surface area contributed by atoms with Crippen LogP contribution < -0.4 is 5.32 Å². The highest BCUT2D eigenvalue weighted by atomic mass is 16.3. The molecule has 0 aliphatic heterocycles. The molecule has 4 bridgehead atoms. The number of hydrogen-bond donors (Lipinski definition) is 2. The molecule has 124 valence electrons. The summed E-state index contributed by atoms with van der Waals surface area (Å²) in [5.74, 6) is 1.71. The Bertz CT molecular complexity index is 593. The van der Waals surface area contributed by atoms with E-state index in [-0.39, 0.29) is 11.9 Å². The van der Waals surface area contributed by atoms with Crippen LogP contribution in [0.15, 0.2) is 30.3 Å². The van der Waals surface area contributed by atoms with Gasteiger partial charge >= 0.3 is 0 Å².